The minimum absolute atomic E-state index is 0.112. The van der Waals surface area contributed by atoms with Crippen LogP contribution < -0.4 is 10.1 Å². The summed E-state index contributed by atoms with van der Waals surface area (Å²) in [5.41, 5.74) is 1.14. The third-order valence-corrected chi connectivity index (χ3v) is 3.45. The Hall–Kier alpha value is -1.53. The molecule has 0 saturated heterocycles. The highest BCUT2D eigenvalue weighted by Crippen LogP contribution is 2.21. The van der Waals surface area contributed by atoms with E-state index in [-0.39, 0.29) is 6.61 Å². The van der Waals surface area contributed by atoms with E-state index in [1.807, 2.05) is 24.3 Å². The van der Waals surface area contributed by atoms with E-state index in [0.29, 0.717) is 6.04 Å². The second-order valence-electron chi connectivity index (χ2n) is 4.77. The molecule has 1 aromatic rings. The van der Waals surface area contributed by atoms with Gasteiger partial charge in [-0.25, -0.2) is 0 Å². The Morgan fingerprint density at radius 1 is 1.22 bits per heavy atom. The van der Waals surface area contributed by atoms with Gasteiger partial charge in [0.2, 0.25) is 0 Å². The number of para-hydroxylation sites is 1. The fourth-order valence-corrected chi connectivity index (χ4v) is 2.46. The Morgan fingerprint density at radius 2 is 2.00 bits per heavy atom. The lowest BCUT2D eigenvalue weighted by Gasteiger charge is -2.23. The largest absolute Gasteiger partial charge is 0.478 e. The predicted octanol–water partition coefficient (Wildman–Crippen LogP) is 3.01. The van der Waals surface area contributed by atoms with Gasteiger partial charge >= 0.3 is 0 Å². The van der Waals surface area contributed by atoms with Gasteiger partial charge in [-0.15, -0.1) is 0 Å². The van der Waals surface area contributed by atoms with Gasteiger partial charge in [-0.05, 0) is 18.9 Å². The van der Waals surface area contributed by atoms with Gasteiger partial charge in [0, 0.05) is 18.2 Å². The molecule has 0 aromatic heterocycles. The Morgan fingerprint density at radius 3 is 2.78 bits per heavy atom. The number of nitrogens with zero attached hydrogens (tertiary/aromatic N) is 1. The number of rotatable bonds is 5. The first kappa shape index (κ1) is 12.9. The highest BCUT2D eigenvalue weighted by Gasteiger charge is 2.13. The maximum Gasteiger partial charge on any atom is 0.174 e. The van der Waals surface area contributed by atoms with Crippen LogP contribution in [0.1, 0.15) is 37.7 Å². The number of hydrogen-bond acceptors (Lipinski definition) is 3. The molecule has 1 fully saturated rings. The summed E-state index contributed by atoms with van der Waals surface area (Å²) in [5, 5.41) is 12.2. The van der Waals surface area contributed by atoms with Crippen molar-refractivity contribution in [2.45, 2.75) is 44.7 Å². The van der Waals surface area contributed by atoms with Crippen molar-refractivity contribution in [3.8, 4) is 11.8 Å². The van der Waals surface area contributed by atoms with Crippen molar-refractivity contribution in [1.29, 1.82) is 5.26 Å². The van der Waals surface area contributed by atoms with Gasteiger partial charge < -0.3 is 10.1 Å². The van der Waals surface area contributed by atoms with Gasteiger partial charge in [-0.3, -0.25) is 0 Å². The molecule has 0 aliphatic heterocycles. The van der Waals surface area contributed by atoms with Crippen LogP contribution in [0.3, 0.4) is 0 Å². The van der Waals surface area contributed by atoms with Crippen molar-refractivity contribution in [2.75, 3.05) is 6.61 Å². The van der Waals surface area contributed by atoms with Crippen LogP contribution in [-0.4, -0.2) is 12.6 Å². The monoisotopic (exact) mass is 244 g/mol. The first-order valence-corrected chi connectivity index (χ1v) is 6.71. The molecule has 3 heteroatoms. The quantitative estimate of drug-likeness (QED) is 0.866. The molecule has 3 nitrogen and oxygen atoms in total. The van der Waals surface area contributed by atoms with Crippen LogP contribution in [0.4, 0.5) is 0 Å². The standard InChI is InChI=1S/C15H20N2O/c16-10-11-18-15-9-5-4-6-13(15)12-17-14-7-2-1-3-8-14/h4-6,9,14,17H,1-3,7-8,11-12H2. The van der Waals surface area contributed by atoms with Crippen molar-refractivity contribution < 1.29 is 4.74 Å². The van der Waals surface area contributed by atoms with Crippen LogP contribution in [0, 0.1) is 11.3 Å². The number of ether oxygens (including phenoxy) is 1. The summed E-state index contributed by atoms with van der Waals surface area (Å²) in [7, 11) is 0. The number of benzene rings is 1. The molecular weight excluding hydrogens is 224 g/mol. The van der Waals surface area contributed by atoms with E-state index in [1.54, 1.807) is 0 Å². The molecule has 96 valence electrons. The minimum atomic E-state index is 0.112. The summed E-state index contributed by atoms with van der Waals surface area (Å²) < 4.78 is 5.43. The number of nitrogens with one attached hydrogen (secondary N) is 1. The zero-order valence-corrected chi connectivity index (χ0v) is 10.7. The topological polar surface area (TPSA) is 45.0 Å². The van der Waals surface area contributed by atoms with Gasteiger partial charge in [0.25, 0.3) is 0 Å². The van der Waals surface area contributed by atoms with Gasteiger partial charge in [0.1, 0.15) is 11.8 Å². The van der Waals surface area contributed by atoms with Crippen molar-refractivity contribution in [3.05, 3.63) is 29.8 Å². The molecule has 1 aliphatic rings. The first-order valence-electron chi connectivity index (χ1n) is 6.71. The van der Waals surface area contributed by atoms with E-state index in [1.165, 1.54) is 32.1 Å². The predicted molar refractivity (Wildman–Crippen MR) is 71.3 cm³/mol. The van der Waals surface area contributed by atoms with E-state index in [4.69, 9.17) is 10.00 Å². The molecule has 0 heterocycles. The fourth-order valence-electron chi connectivity index (χ4n) is 2.46. The summed E-state index contributed by atoms with van der Waals surface area (Å²) in [4.78, 5) is 0. The molecule has 0 radical (unpaired) electrons. The Balaban J connectivity index is 1.89. The molecule has 0 bridgehead atoms. The Labute approximate surface area is 109 Å². The van der Waals surface area contributed by atoms with Gasteiger partial charge in [0.15, 0.2) is 6.61 Å². The molecule has 0 atom stereocenters. The minimum Gasteiger partial charge on any atom is -0.478 e. The molecule has 18 heavy (non-hydrogen) atoms. The van der Waals surface area contributed by atoms with Crippen LogP contribution in [0.5, 0.6) is 5.75 Å². The molecule has 1 saturated carbocycles. The van der Waals surface area contributed by atoms with Gasteiger partial charge in [0.05, 0.1) is 0 Å². The van der Waals surface area contributed by atoms with Crippen molar-refractivity contribution in [1.82, 2.24) is 5.32 Å². The third kappa shape index (κ3) is 3.75. The maximum atomic E-state index is 8.56. The van der Waals surface area contributed by atoms with E-state index >= 15 is 0 Å². The lowest BCUT2D eigenvalue weighted by atomic mass is 9.95. The molecule has 0 unspecified atom stereocenters. The summed E-state index contributed by atoms with van der Waals surface area (Å²) in [6.45, 7) is 0.937. The van der Waals surface area contributed by atoms with Crippen LogP contribution in [-0.2, 0) is 6.54 Å². The van der Waals surface area contributed by atoms with E-state index in [2.05, 4.69) is 11.4 Å². The molecule has 1 aromatic carbocycles. The molecule has 1 N–H and O–H groups in total. The zero-order valence-electron chi connectivity index (χ0n) is 10.7. The van der Waals surface area contributed by atoms with Crippen molar-refractivity contribution in [3.63, 3.8) is 0 Å². The Bertz CT molecular complexity index is 405. The average Bonchev–Trinajstić information content (AvgIpc) is 2.45. The van der Waals surface area contributed by atoms with E-state index in [9.17, 15) is 0 Å². The zero-order chi connectivity index (χ0) is 12.6. The Kier molecular flexibility index (Phi) is 5.04. The highest BCUT2D eigenvalue weighted by molar-refractivity contribution is 5.33. The second-order valence-corrected chi connectivity index (χ2v) is 4.77. The molecule has 0 spiro atoms. The normalized spacial score (nSPS) is 16.2. The number of nitriles is 1. The van der Waals surface area contributed by atoms with Crippen LogP contribution in [0.2, 0.25) is 0 Å². The maximum absolute atomic E-state index is 8.56. The highest BCUT2D eigenvalue weighted by atomic mass is 16.5. The summed E-state index contributed by atoms with van der Waals surface area (Å²) in [6, 6.07) is 10.6. The first-order chi connectivity index (χ1) is 8.90. The lowest BCUT2D eigenvalue weighted by molar-refractivity contribution is 0.350. The van der Waals surface area contributed by atoms with Crippen LogP contribution >= 0.6 is 0 Å². The molecule has 0 amide bonds. The molecule has 1 aliphatic carbocycles. The van der Waals surface area contributed by atoms with Crippen molar-refractivity contribution >= 4 is 0 Å². The smallest absolute Gasteiger partial charge is 0.174 e. The fraction of sp³-hybridized carbons (Fsp3) is 0.533. The van der Waals surface area contributed by atoms with Gasteiger partial charge in [-0.2, -0.15) is 5.26 Å². The van der Waals surface area contributed by atoms with Crippen LogP contribution in [0.15, 0.2) is 24.3 Å². The second kappa shape index (κ2) is 7.03. The van der Waals surface area contributed by atoms with Crippen LogP contribution in [0.25, 0.3) is 0 Å². The number of hydrogen-bond donors (Lipinski definition) is 1. The molecular formula is C15H20N2O. The van der Waals surface area contributed by atoms with Gasteiger partial charge in [-0.1, -0.05) is 37.5 Å². The van der Waals surface area contributed by atoms with E-state index < -0.39 is 0 Å². The average molecular weight is 244 g/mol. The summed E-state index contributed by atoms with van der Waals surface area (Å²) in [6.07, 6.45) is 6.61. The lowest BCUT2D eigenvalue weighted by Crippen LogP contribution is -2.30. The SMILES string of the molecule is N#CCOc1ccccc1CNC1CCCCC1. The third-order valence-electron chi connectivity index (χ3n) is 3.45. The summed E-state index contributed by atoms with van der Waals surface area (Å²) in [5.74, 6) is 0.822. The van der Waals surface area contributed by atoms with E-state index in [0.717, 1.165) is 17.9 Å². The van der Waals surface area contributed by atoms with Crippen molar-refractivity contribution in [2.24, 2.45) is 0 Å². The molecule has 2 rings (SSSR count). The summed E-state index contributed by atoms with van der Waals surface area (Å²) >= 11 is 0.